The lowest BCUT2D eigenvalue weighted by Gasteiger charge is -2.51. The van der Waals surface area contributed by atoms with Gasteiger partial charge >= 0.3 is 0 Å². The number of piperazine rings is 1. The average Bonchev–Trinajstić information content (AvgIpc) is 2.52. The molecule has 0 aliphatic carbocycles. The van der Waals surface area contributed by atoms with Crippen LogP contribution in [-0.2, 0) is 0 Å². The second-order valence-electron chi connectivity index (χ2n) is 8.91. The third kappa shape index (κ3) is 4.21. The lowest BCUT2D eigenvalue weighted by atomic mass is 9.79. The van der Waals surface area contributed by atoms with E-state index in [9.17, 15) is 0 Å². The zero-order valence-electron chi connectivity index (χ0n) is 16.4. The van der Waals surface area contributed by atoms with Crippen LogP contribution in [0.1, 0.15) is 40.5 Å². The molecule has 140 valence electrons. The first-order valence-electron chi connectivity index (χ1n) is 9.41. The summed E-state index contributed by atoms with van der Waals surface area (Å²) in [5.74, 6) is 0.873. The van der Waals surface area contributed by atoms with Gasteiger partial charge < -0.3 is 20.7 Å². The SMILES string of the molecule is COc1cc(N)ccc1N1CCN(C2CC(C)(C)NC(C)(C)C2)CC1. The molecule has 25 heavy (non-hydrogen) atoms. The van der Waals surface area contributed by atoms with Crippen molar-refractivity contribution in [3.63, 3.8) is 0 Å². The summed E-state index contributed by atoms with van der Waals surface area (Å²) >= 11 is 0. The van der Waals surface area contributed by atoms with Crippen molar-refractivity contribution in [2.24, 2.45) is 0 Å². The number of ether oxygens (including phenoxy) is 1. The van der Waals surface area contributed by atoms with E-state index >= 15 is 0 Å². The molecule has 2 saturated heterocycles. The maximum atomic E-state index is 5.89. The van der Waals surface area contributed by atoms with Gasteiger partial charge in [-0.3, -0.25) is 4.90 Å². The van der Waals surface area contributed by atoms with E-state index < -0.39 is 0 Å². The normalized spacial score (nSPS) is 24.3. The van der Waals surface area contributed by atoms with Gasteiger partial charge in [-0.1, -0.05) is 0 Å². The molecule has 0 unspecified atom stereocenters. The molecule has 3 rings (SSSR count). The molecular formula is C20H34N4O. The van der Waals surface area contributed by atoms with Crippen LogP contribution >= 0.6 is 0 Å². The van der Waals surface area contributed by atoms with E-state index in [2.05, 4.69) is 48.9 Å². The van der Waals surface area contributed by atoms with Gasteiger partial charge in [0.15, 0.2) is 0 Å². The molecule has 2 heterocycles. The number of rotatable bonds is 3. The molecule has 2 aliphatic rings. The Hall–Kier alpha value is -1.46. The smallest absolute Gasteiger partial charge is 0.144 e. The fraction of sp³-hybridized carbons (Fsp3) is 0.700. The highest BCUT2D eigenvalue weighted by atomic mass is 16.5. The van der Waals surface area contributed by atoms with Crippen LogP contribution in [0.2, 0.25) is 0 Å². The van der Waals surface area contributed by atoms with Crippen LogP contribution in [0.15, 0.2) is 18.2 Å². The molecule has 0 amide bonds. The topological polar surface area (TPSA) is 53.8 Å². The molecule has 2 aliphatic heterocycles. The van der Waals surface area contributed by atoms with Crippen molar-refractivity contribution >= 4 is 11.4 Å². The summed E-state index contributed by atoms with van der Waals surface area (Å²) in [4.78, 5) is 5.11. The van der Waals surface area contributed by atoms with E-state index in [1.165, 1.54) is 12.8 Å². The van der Waals surface area contributed by atoms with Gasteiger partial charge in [0.25, 0.3) is 0 Å². The number of nitrogens with zero attached hydrogens (tertiary/aromatic N) is 2. The molecule has 0 atom stereocenters. The number of methoxy groups -OCH3 is 1. The van der Waals surface area contributed by atoms with Crippen LogP contribution in [-0.4, -0.2) is 55.3 Å². The first kappa shape index (κ1) is 18.3. The summed E-state index contributed by atoms with van der Waals surface area (Å²) < 4.78 is 5.53. The minimum atomic E-state index is 0.198. The Morgan fingerprint density at radius 3 is 2.20 bits per heavy atom. The van der Waals surface area contributed by atoms with Crippen LogP contribution < -0.4 is 20.7 Å². The second kappa shape index (κ2) is 6.69. The van der Waals surface area contributed by atoms with Gasteiger partial charge in [0.1, 0.15) is 5.75 Å². The molecule has 2 fully saturated rings. The summed E-state index contributed by atoms with van der Waals surface area (Å²) in [6.07, 6.45) is 2.42. The highest BCUT2D eigenvalue weighted by molar-refractivity contribution is 5.64. The zero-order chi connectivity index (χ0) is 18.2. The van der Waals surface area contributed by atoms with E-state index in [1.807, 2.05) is 12.1 Å². The summed E-state index contributed by atoms with van der Waals surface area (Å²) in [5.41, 5.74) is 8.19. The Morgan fingerprint density at radius 1 is 1.04 bits per heavy atom. The van der Waals surface area contributed by atoms with Gasteiger partial charge in [-0.25, -0.2) is 0 Å². The number of anilines is 2. The summed E-state index contributed by atoms with van der Waals surface area (Å²) in [6, 6.07) is 6.61. The molecular weight excluding hydrogens is 312 g/mol. The number of nitrogens with two attached hydrogens (primary N) is 1. The third-order valence-electron chi connectivity index (χ3n) is 5.54. The summed E-state index contributed by atoms with van der Waals surface area (Å²) in [7, 11) is 1.72. The van der Waals surface area contributed by atoms with Crippen molar-refractivity contribution < 1.29 is 4.74 Å². The van der Waals surface area contributed by atoms with E-state index in [4.69, 9.17) is 10.5 Å². The van der Waals surface area contributed by atoms with Crippen molar-refractivity contribution in [3.8, 4) is 5.75 Å². The number of hydrogen-bond acceptors (Lipinski definition) is 5. The van der Waals surface area contributed by atoms with Crippen molar-refractivity contribution in [3.05, 3.63) is 18.2 Å². The minimum Gasteiger partial charge on any atom is -0.495 e. The van der Waals surface area contributed by atoms with Crippen molar-refractivity contribution in [2.75, 3.05) is 43.9 Å². The number of nitrogens with one attached hydrogen (secondary N) is 1. The van der Waals surface area contributed by atoms with Gasteiger partial charge in [0.05, 0.1) is 12.8 Å². The van der Waals surface area contributed by atoms with Crippen LogP contribution in [0.4, 0.5) is 11.4 Å². The highest BCUT2D eigenvalue weighted by Gasteiger charge is 2.40. The Kier molecular flexibility index (Phi) is 4.91. The number of hydrogen-bond donors (Lipinski definition) is 2. The standard InChI is InChI=1S/C20H34N4O/c1-19(2)13-16(14-20(3,4)22-19)23-8-10-24(11-9-23)17-7-6-15(21)12-18(17)25-5/h6-7,12,16,22H,8-11,13-14,21H2,1-5H3. The maximum absolute atomic E-state index is 5.89. The molecule has 1 aromatic carbocycles. The largest absolute Gasteiger partial charge is 0.495 e. The molecule has 0 spiro atoms. The van der Waals surface area contributed by atoms with Crippen LogP contribution in [0, 0.1) is 0 Å². The van der Waals surface area contributed by atoms with Crippen molar-refractivity contribution in [1.82, 2.24) is 10.2 Å². The Bertz CT molecular complexity index is 590. The van der Waals surface area contributed by atoms with Crippen molar-refractivity contribution in [2.45, 2.75) is 57.7 Å². The Morgan fingerprint density at radius 2 is 1.64 bits per heavy atom. The molecule has 0 radical (unpaired) electrons. The van der Waals surface area contributed by atoms with Gasteiger partial charge in [-0.2, -0.15) is 0 Å². The van der Waals surface area contributed by atoms with Gasteiger partial charge in [0.2, 0.25) is 0 Å². The van der Waals surface area contributed by atoms with Gasteiger partial charge in [-0.15, -0.1) is 0 Å². The monoisotopic (exact) mass is 346 g/mol. The van der Waals surface area contributed by atoms with Gasteiger partial charge in [0, 0.05) is 55.1 Å². The molecule has 5 nitrogen and oxygen atoms in total. The Labute approximate surface area is 152 Å². The molecule has 5 heteroatoms. The predicted octanol–water partition coefficient (Wildman–Crippen LogP) is 2.71. The fourth-order valence-electron chi connectivity index (χ4n) is 4.81. The van der Waals surface area contributed by atoms with Crippen molar-refractivity contribution in [1.29, 1.82) is 0 Å². The molecule has 0 saturated carbocycles. The predicted molar refractivity (Wildman–Crippen MR) is 106 cm³/mol. The maximum Gasteiger partial charge on any atom is 0.144 e. The summed E-state index contributed by atoms with van der Waals surface area (Å²) in [5, 5.41) is 3.79. The number of benzene rings is 1. The zero-order valence-corrected chi connectivity index (χ0v) is 16.4. The second-order valence-corrected chi connectivity index (χ2v) is 8.91. The number of piperidine rings is 1. The first-order valence-corrected chi connectivity index (χ1v) is 9.41. The average molecular weight is 347 g/mol. The third-order valence-corrected chi connectivity index (χ3v) is 5.54. The minimum absolute atomic E-state index is 0.198. The summed E-state index contributed by atoms with van der Waals surface area (Å²) in [6.45, 7) is 13.6. The van der Waals surface area contributed by atoms with Crippen LogP contribution in [0.3, 0.4) is 0 Å². The lowest BCUT2D eigenvalue weighted by Crippen LogP contribution is -2.63. The van der Waals surface area contributed by atoms with E-state index in [1.54, 1.807) is 7.11 Å². The fourth-order valence-corrected chi connectivity index (χ4v) is 4.81. The van der Waals surface area contributed by atoms with E-state index in [-0.39, 0.29) is 11.1 Å². The van der Waals surface area contributed by atoms with Crippen LogP contribution in [0.25, 0.3) is 0 Å². The van der Waals surface area contributed by atoms with E-state index in [0.717, 1.165) is 43.3 Å². The molecule has 3 N–H and O–H groups in total. The molecule has 1 aromatic rings. The lowest BCUT2D eigenvalue weighted by molar-refractivity contribution is 0.0627. The number of nitrogen functional groups attached to an aromatic ring is 1. The first-order chi connectivity index (χ1) is 11.7. The van der Waals surface area contributed by atoms with E-state index in [0.29, 0.717) is 6.04 Å². The highest BCUT2D eigenvalue weighted by Crippen LogP contribution is 2.34. The quantitative estimate of drug-likeness (QED) is 0.824. The molecule has 0 aromatic heterocycles. The van der Waals surface area contributed by atoms with Gasteiger partial charge in [-0.05, 0) is 52.7 Å². The molecule has 0 bridgehead atoms. The Balaban J connectivity index is 1.66. The van der Waals surface area contributed by atoms with Crippen LogP contribution in [0.5, 0.6) is 5.75 Å².